The first kappa shape index (κ1) is 23.3. The summed E-state index contributed by atoms with van der Waals surface area (Å²) in [5.41, 5.74) is 2.47. The van der Waals surface area contributed by atoms with Gasteiger partial charge in [-0.1, -0.05) is 48.5 Å². The van der Waals surface area contributed by atoms with Crippen molar-refractivity contribution in [1.29, 1.82) is 0 Å². The van der Waals surface area contributed by atoms with Gasteiger partial charge in [0.05, 0.1) is 11.0 Å². The molecule has 168 valence electrons. The Morgan fingerprint density at radius 3 is 2.25 bits per heavy atom. The molecule has 0 aliphatic heterocycles. The van der Waals surface area contributed by atoms with Crippen LogP contribution in [-0.2, 0) is 12.8 Å². The maximum Gasteiger partial charge on any atom is 0.311 e. The zero-order valence-corrected chi connectivity index (χ0v) is 17.9. The number of aliphatic hydroxyl groups is 1. The molecule has 0 amide bonds. The van der Waals surface area contributed by atoms with Crippen molar-refractivity contribution in [2.75, 3.05) is 0 Å². The molecule has 0 fully saturated rings. The number of phenolic OH excluding ortho intramolecular Hbond substituents is 2. The summed E-state index contributed by atoms with van der Waals surface area (Å²) in [5.74, 6) is 0.220. The van der Waals surface area contributed by atoms with Crippen molar-refractivity contribution < 1.29 is 20.2 Å². The summed E-state index contributed by atoms with van der Waals surface area (Å²) in [6, 6.07) is 21.5. The van der Waals surface area contributed by atoms with Gasteiger partial charge in [0, 0.05) is 6.07 Å². The topological polar surface area (TPSA) is 104 Å². The number of nitro groups is 1. The SMILES string of the molecule is O=[N+]([O-])c1cc(C(O)CCC(CCCc2ccc(O)cc2)Cc2ccccc2)ccc1O. The summed E-state index contributed by atoms with van der Waals surface area (Å²) >= 11 is 0. The molecule has 0 bridgehead atoms. The van der Waals surface area contributed by atoms with Gasteiger partial charge >= 0.3 is 5.69 Å². The summed E-state index contributed by atoms with van der Waals surface area (Å²) in [6.07, 6.45) is 4.22. The van der Waals surface area contributed by atoms with Gasteiger partial charge in [-0.05, 0) is 79.3 Å². The van der Waals surface area contributed by atoms with E-state index < -0.39 is 22.5 Å². The first-order chi connectivity index (χ1) is 15.4. The lowest BCUT2D eigenvalue weighted by Crippen LogP contribution is -2.09. The van der Waals surface area contributed by atoms with Gasteiger partial charge in [0.25, 0.3) is 0 Å². The second-order valence-electron chi connectivity index (χ2n) is 8.21. The molecule has 3 aromatic rings. The lowest BCUT2D eigenvalue weighted by Gasteiger charge is -2.19. The van der Waals surface area contributed by atoms with E-state index in [-0.39, 0.29) is 5.75 Å². The Bertz CT molecular complexity index is 1000. The van der Waals surface area contributed by atoms with Crippen LogP contribution < -0.4 is 0 Å². The van der Waals surface area contributed by atoms with Crippen molar-refractivity contribution in [1.82, 2.24) is 0 Å². The fourth-order valence-electron chi connectivity index (χ4n) is 4.01. The summed E-state index contributed by atoms with van der Waals surface area (Å²) in [5, 5.41) is 40.8. The van der Waals surface area contributed by atoms with E-state index in [2.05, 4.69) is 12.1 Å². The number of phenols is 2. The number of aromatic hydroxyl groups is 2. The largest absolute Gasteiger partial charge is 0.508 e. The van der Waals surface area contributed by atoms with Gasteiger partial charge in [0.15, 0.2) is 5.75 Å². The van der Waals surface area contributed by atoms with E-state index >= 15 is 0 Å². The highest BCUT2D eigenvalue weighted by Gasteiger charge is 2.19. The maximum atomic E-state index is 11.1. The first-order valence-electron chi connectivity index (χ1n) is 10.9. The molecule has 6 heteroatoms. The fraction of sp³-hybridized carbons (Fsp3) is 0.308. The minimum atomic E-state index is -0.829. The predicted octanol–water partition coefficient (Wildman–Crippen LogP) is 5.70. The van der Waals surface area contributed by atoms with E-state index in [1.54, 1.807) is 12.1 Å². The van der Waals surface area contributed by atoms with Crippen LogP contribution in [0.3, 0.4) is 0 Å². The third kappa shape index (κ3) is 6.82. The molecule has 0 spiro atoms. The molecule has 0 aliphatic carbocycles. The van der Waals surface area contributed by atoms with Gasteiger partial charge in [-0.3, -0.25) is 10.1 Å². The quantitative estimate of drug-likeness (QED) is 0.265. The molecule has 32 heavy (non-hydrogen) atoms. The highest BCUT2D eigenvalue weighted by atomic mass is 16.6. The van der Waals surface area contributed by atoms with E-state index in [1.807, 2.05) is 30.3 Å². The number of hydrogen-bond acceptors (Lipinski definition) is 5. The molecule has 0 aromatic heterocycles. The highest BCUT2D eigenvalue weighted by Crippen LogP contribution is 2.32. The Hall–Kier alpha value is -3.38. The normalized spacial score (nSPS) is 12.9. The molecule has 6 nitrogen and oxygen atoms in total. The molecular formula is C26H29NO5. The van der Waals surface area contributed by atoms with Gasteiger partial charge in [0.1, 0.15) is 5.75 Å². The lowest BCUT2D eigenvalue weighted by atomic mass is 9.87. The number of hydrogen-bond donors (Lipinski definition) is 3. The predicted molar refractivity (Wildman–Crippen MR) is 124 cm³/mol. The molecule has 0 aliphatic rings. The molecule has 3 aromatic carbocycles. The average molecular weight is 436 g/mol. The molecule has 0 heterocycles. The smallest absolute Gasteiger partial charge is 0.311 e. The Labute approximate surface area is 188 Å². The molecule has 0 radical (unpaired) electrons. The zero-order chi connectivity index (χ0) is 22.9. The van der Waals surface area contributed by atoms with Crippen LogP contribution in [0.1, 0.15) is 48.5 Å². The number of aryl methyl sites for hydroxylation is 1. The average Bonchev–Trinajstić information content (AvgIpc) is 2.79. The Morgan fingerprint density at radius 1 is 0.844 bits per heavy atom. The van der Waals surface area contributed by atoms with E-state index in [0.717, 1.165) is 32.1 Å². The molecule has 0 saturated heterocycles. The summed E-state index contributed by atoms with van der Waals surface area (Å²) in [7, 11) is 0. The van der Waals surface area contributed by atoms with E-state index in [1.165, 1.54) is 29.3 Å². The molecule has 2 atom stereocenters. The Kier molecular flexibility index (Phi) is 8.22. The number of aliphatic hydroxyl groups excluding tert-OH is 1. The van der Waals surface area contributed by atoms with Gasteiger partial charge in [-0.25, -0.2) is 0 Å². The van der Waals surface area contributed by atoms with Gasteiger partial charge in [0.2, 0.25) is 0 Å². The molecular weight excluding hydrogens is 406 g/mol. The minimum absolute atomic E-state index is 0.263. The second kappa shape index (κ2) is 11.3. The van der Waals surface area contributed by atoms with Crippen LogP contribution in [0.2, 0.25) is 0 Å². The van der Waals surface area contributed by atoms with Crippen LogP contribution in [0, 0.1) is 16.0 Å². The summed E-state index contributed by atoms with van der Waals surface area (Å²) in [6.45, 7) is 0. The molecule has 3 rings (SSSR count). The van der Waals surface area contributed by atoms with Crippen molar-refractivity contribution in [3.8, 4) is 11.5 Å². The zero-order valence-electron chi connectivity index (χ0n) is 17.9. The number of nitrogens with zero attached hydrogens (tertiary/aromatic N) is 1. The van der Waals surface area contributed by atoms with Crippen LogP contribution in [-0.4, -0.2) is 20.2 Å². The number of nitro benzene ring substituents is 1. The monoisotopic (exact) mass is 435 g/mol. The molecule has 0 saturated carbocycles. The maximum absolute atomic E-state index is 11.1. The van der Waals surface area contributed by atoms with Gasteiger partial charge in [-0.15, -0.1) is 0 Å². The van der Waals surface area contributed by atoms with Gasteiger partial charge < -0.3 is 15.3 Å². The first-order valence-corrected chi connectivity index (χ1v) is 10.9. The van der Waals surface area contributed by atoms with Crippen LogP contribution in [0.4, 0.5) is 5.69 Å². The van der Waals surface area contributed by atoms with Crippen LogP contribution in [0.5, 0.6) is 11.5 Å². The standard InChI is InChI=1S/C26H29NO5/c28-23-13-9-19(10-14-23)7-4-8-21(17-20-5-2-1-3-6-20)11-15-25(29)22-12-16-26(30)24(18-22)27(31)32/h1-3,5-6,9-10,12-14,16,18,21,25,28-30H,4,7-8,11,15,17H2. The van der Waals surface area contributed by atoms with Crippen LogP contribution in [0.25, 0.3) is 0 Å². The fourth-order valence-corrected chi connectivity index (χ4v) is 4.01. The van der Waals surface area contributed by atoms with Crippen molar-refractivity contribution >= 4 is 5.69 Å². The van der Waals surface area contributed by atoms with E-state index in [4.69, 9.17) is 0 Å². The Morgan fingerprint density at radius 2 is 1.56 bits per heavy atom. The lowest BCUT2D eigenvalue weighted by molar-refractivity contribution is -0.386. The summed E-state index contributed by atoms with van der Waals surface area (Å²) < 4.78 is 0. The molecule has 2 unspecified atom stereocenters. The second-order valence-corrected chi connectivity index (χ2v) is 8.21. The third-order valence-electron chi connectivity index (χ3n) is 5.81. The van der Waals surface area contributed by atoms with Crippen molar-refractivity contribution in [3.05, 3.63) is 99.6 Å². The molecule has 3 N–H and O–H groups in total. The minimum Gasteiger partial charge on any atom is -0.508 e. The third-order valence-corrected chi connectivity index (χ3v) is 5.81. The van der Waals surface area contributed by atoms with Crippen molar-refractivity contribution in [3.63, 3.8) is 0 Å². The number of rotatable bonds is 11. The van der Waals surface area contributed by atoms with E-state index in [9.17, 15) is 25.4 Å². The summed E-state index contributed by atoms with van der Waals surface area (Å²) in [4.78, 5) is 10.4. The number of benzene rings is 3. The van der Waals surface area contributed by atoms with Crippen molar-refractivity contribution in [2.24, 2.45) is 5.92 Å². The Balaban J connectivity index is 1.61. The van der Waals surface area contributed by atoms with Crippen LogP contribution in [0.15, 0.2) is 72.8 Å². The van der Waals surface area contributed by atoms with Crippen molar-refractivity contribution in [2.45, 2.75) is 44.6 Å². The highest BCUT2D eigenvalue weighted by molar-refractivity contribution is 5.48. The van der Waals surface area contributed by atoms with Gasteiger partial charge in [-0.2, -0.15) is 0 Å². The van der Waals surface area contributed by atoms with E-state index in [0.29, 0.717) is 17.9 Å². The van der Waals surface area contributed by atoms with Crippen LogP contribution >= 0.6 is 0 Å².